The topological polar surface area (TPSA) is 0 Å². The number of hydrogen-bond donors (Lipinski definition) is 0. The molecule has 20 heavy (non-hydrogen) atoms. The molecule has 0 saturated heterocycles. The monoisotopic (exact) mass is 276 g/mol. The van der Waals surface area contributed by atoms with Crippen molar-refractivity contribution < 1.29 is 13.2 Å². The van der Waals surface area contributed by atoms with E-state index in [0.717, 1.165) is 36.1 Å². The normalized spacial score (nSPS) is 21.2. The summed E-state index contributed by atoms with van der Waals surface area (Å²) in [7, 11) is 0. The zero-order valence-corrected chi connectivity index (χ0v) is 11.2. The molecule has 1 aromatic carbocycles. The predicted molar refractivity (Wildman–Crippen MR) is 73.5 cm³/mol. The summed E-state index contributed by atoms with van der Waals surface area (Å²) in [5.74, 6) is -3.13. The van der Waals surface area contributed by atoms with Gasteiger partial charge in [0.15, 0.2) is 17.5 Å². The van der Waals surface area contributed by atoms with E-state index in [9.17, 15) is 13.2 Å². The van der Waals surface area contributed by atoms with E-state index < -0.39 is 17.5 Å². The Balaban J connectivity index is 1.88. The third kappa shape index (κ3) is 2.21. The van der Waals surface area contributed by atoms with Gasteiger partial charge in [0.05, 0.1) is 0 Å². The fourth-order valence-electron chi connectivity index (χ4n) is 2.86. The molecule has 0 aromatic heterocycles. The molecule has 1 unspecified atom stereocenters. The summed E-state index contributed by atoms with van der Waals surface area (Å²) in [5.41, 5.74) is 3.72. The van der Waals surface area contributed by atoms with Crippen molar-refractivity contribution in [1.29, 1.82) is 0 Å². The van der Waals surface area contributed by atoms with Crippen LogP contribution in [0.5, 0.6) is 0 Å². The highest BCUT2D eigenvalue weighted by atomic mass is 19.2. The summed E-state index contributed by atoms with van der Waals surface area (Å²) in [6.07, 6.45) is 8.99. The Labute approximate surface area is 116 Å². The lowest BCUT2D eigenvalue weighted by Crippen LogP contribution is -2.01. The predicted octanol–water partition coefficient (Wildman–Crippen LogP) is 5.17. The molecule has 1 aromatic rings. The van der Waals surface area contributed by atoms with Gasteiger partial charge in [0.1, 0.15) is 0 Å². The molecule has 0 aliphatic heterocycles. The van der Waals surface area contributed by atoms with Crippen LogP contribution in [0, 0.1) is 23.4 Å². The van der Waals surface area contributed by atoms with E-state index in [1.54, 1.807) is 0 Å². The molecule has 0 amide bonds. The van der Waals surface area contributed by atoms with E-state index in [4.69, 9.17) is 0 Å². The first-order valence-corrected chi connectivity index (χ1v) is 6.84. The van der Waals surface area contributed by atoms with Crippen molar-refractivity contribution in [2.24, 2.45) is 5.92 Å². The van der Waals surface area contributed by atoms with Crippen LogP contribution in [0.15, 0.2) is 41.5 Å². The van der Waals surface area contributed by atoms with Gasteiger partial charge in [-0.05, 0) is 54.0 Å². The largest absolute Gasteiger partial charge is 0.204 e. The van der Waals surface area contributed by atoms with Gasteiger partial charge in [0.2, 0.25) is 0 Å². The number of benzene rings is 1. The maximum Gasteiger partial charge on any atom is 0.194 e. The number of rotatable bonds is 2. The summed E-state index contributed by atoms with van der Waals surface area (Å²) >= 11 is 0. The molecule has 104 valence electrons. The van der Waals surface area contributed by atoms with Gasteiger partial charge < -0.3 is 0 Å². The maximum atomic E-state index is 13.3. The zero-order chi connectivity index (χ0) is 14.3. The van der Waals surface area contributed by atoms with E-state index in [-0.39, 0.29) is 0 Å². The molecule has 0 saturated carbocycles. The fourth-order valence-corrected chi connectivity index (χ4v) is 2.86. The van der Waals surface area contributed by atoms with Crippen LogP contribution >= 0.6 is 0 Å². The molecule has 0 fully saturated rings. The number of allylic oxidation sites excluding steroid dienone is 6. The average molecular weight is 276 g/mol. The molecule has 0 nitrogen and oxygen atoms in total. The van der Waals surface area contributed by atoms with E-state index in [1.807, 2.05) is 6.08 Å². The summed E-state index contributed by atoms with van der Waals surface area (Å²) in [5, 5.41) is 0. The lowest BCUT2D eigenvalue weighted by atomic mass is 9.88. The van der Waals surface area contributed by atoms with Crippen LogP contribution in [0.4, 0.5) is 13.2 Å². The third-order valence-electron chi connectivity index (χ3n) is 4.08. The highest BCUT2D eigenvalue weighted by Crippen LogP contribution is 2.40. The van der Waals surface area contributed by atoms with Gasteiger partial charge in [0, 0.05) is 0 Å². The van der Waals surface area contributed by atoms with Gasteiger partial charge >= 0.3 is 0 Å². The van der Waals surface area contributed by atoms with Crippen LogP contribution in [0.2, 0.25) is 0 Å². The molecule has 2 aliphatic rings. The Kier molecular flexibility index (Phi) is 3.28. The Hall–Kier alpha value is -1.77. The lowest BCUT2D eigenvalue weighted by molar-refractivity contribution is 0.446. The van der Waals surface area contributed by atoms with Crippen LogP contribution < -0.4 is 0 Å². The number of halogens is 3. The SMILES string of the molecule is CCC1C=CC2=C(CC(c3cc(F)c(F)c(F)c3)=C2)C1. The molecule has 3 heteroatoms. The van der Waals surface area contributed by atoms with Gasteiger partial charge in [-0.15, -0.1) is 0 Å². The first-order chi connectivity index (χ1) is 9.58. The van der Waals surface area contributed by atoms with Gasteiger partial charge in [-0.2, -0.15) is 0 Å². The Morgan fingerprint density at radius 1 is 1.15 bits per heavy atom. The molecular weight excluding hydrogens is 261 g/mol. The maximum absolute atomic E-state index is 13.3. The van der Waals surface area contributed by atoms with E-state index in [0.29, 0.717) is 17.9 Å². The van der Waals surface area contributed by atoms with Crippen LogP contribution in [0.3, 0.4) is 0 Å². The minimum Gasteiger partial charge on any atom is -0.204 e. The third-order valence-corrected chi connectivity index (χ3v) is 4.08. The minimum absolute atomic E-state index is 0.428. The van der Waals surface area contributed by atoms with Crippen LogP contribution in [-0.4, -0.2) is 0 Å². The summed E-state index contributed by atoms with van der Waals surface area (Å²) in [4.78, 5) is 0. The van der Waals surface area contributed by atoms with Gasteiger partial charge in [-0.25, -0.2) is 13.2 Å². The van der Waals surface area contributed by atoms with E-state index in [2.05, 4.69) is 19.1 Å². The first-order valence-electron chi connectivity index (χ1n) is 6.84. The number of hydrogen-bond acceptors (Lipinski definition) is 0. The van der Waals surface area contributed by atoms with Crippen molar-refractivity contribution in [2.75, 3.05) is 0 Å². The first kappa shape index (κ1) is 13.2. The Morgan fingerprint density at radius 3 is 2.50 bits per heavy atom. The van der Waals surface area contributed by atoms with E-state index >= 15 is 0 Å². The Bertz CT molecular complexity index is 627. The fraction of sp³-hybridized carbons (Fsp3) is 0.294. The van der Waals surface area contributed by atoms with Crippen molar-refractivity contribution in [2.45, 2.75) is 26.2 Å². The van der Waals surface area contributed by atoms with E-state index in [1.165, 1.54) is 5.57 Å². The molecule has 0 spiro atoms. The van der Waals surface area contributed by atoms with Crippen LogP contribution in [0.25, 0.3) is 5.57 Å². The van der Waals surface area contributed by atoms with Crippen molar-refractivity contribution in [1.82, 2.24) is 0 Å². The second-order valence-electron chi connectivity index (χ2n) is 5.39. The Morgan fingerprint density at radius 2 is 1.85 bits per heavy atom. The van der Waals surface area contributed by atoms with Gasteiger partial charge in [-0.1, -0.05) is 30.7 Å². The molecule has 0 radical (unpaired) electrons. The molecule has 0 N–H and O–H groups in total. The zero-order valence-electron chi connectivity index (χ0n) is 11.2. The second kappa shape index (κ2) is 4.97. The van der Waals surface area contributed by atoms with Crippen molar-refractivity contribution >= 4 is 5.57 Å². The summed E-state index contributed by atoms with van der Waals surface area (Å²) in [6, 6.07) is 2.15. The average Bonchev–Trinajstić information content (AvgIpc) is 2.86. The quantitative estimate of drug-likeness (QED) is 0.653. The molecule has 2 aliphatic carbocycles. The molecular formula is C17H15F3. The van der Waals surface area contributed by atoms with Crippen molar-refractivity contribution in [3.05, 3.63) is 64.5 Å². The van der Waals surface area contributed by atoms with Crippen LogP contribution in [0.1, 0.15) is 31.7 Å². The lowest BCUT2D eigenvalue weighted by Gasteiger charge is -2.17. The smallest absolute Gasteiger partial charge is 0.194 e. The van der Waals surface area contributed by atoms with Gasteiger partial charge in [-0.3, -0.25) is 0 Å². The second-order valence-corrected chi connectivity index (χ2v) is 5.39. The molecule has 0 heterocycles. The van der Waals surface area contributed by atoms with Crippen molar-refractivity contribution in [3.63, 3.8) is 0 Å². The van der Waals surface area contributed by atoms with Crippen LogP contribution in [-0.2, 0) is 0 Å². The molecule has 3 rings (SSSR count). The summed E-state index contributed by atoms with van der Waals surface area (Å²) < 4.78 is 39.6. The highest BCUT2D eigenvalue weighted by molar-refractivity contribution is 5.76. The minimum atomic E-state index is -1.41. The standard InChI is InChI=1S/C17H15F3/c1-2-10-3-4-11-6-13(7-12(11)5-10)14-8-15(18)17(20)16(19)9-14/h3-4,6,8-10H,2,5,7H2,1H3. The summed E-state index contributed by atoms with van der Waals surface area (Å²) in [6.45, 7) is 2.15. The highest BCUT2D eigenvalue weighted by Gasteiger charge is 2.22. The van der Waals surface area contributed by atoms with Gasteiger partial charge in [0.25, 0.3) is 0 Å². The molecule has 1 atom stereocenters. The molecule has 0 bridgehead atoms. The van der Waals surface area contributed by atoms with Crippen molar-refractivity contribution in [3.8, 4) is 0 Å².